The van der Waals surface area contributed by atoms with E-state index in [4.69, 9.17) is 14.7 Å². The van der Waals surface area contributed by atoms with Crippen molar-refractivity contribution in [2.45, 2.75) is 45.6 Å². The smallest absolute Gasteiger partial charge is 0.163 e. The number of ether oxygens (including phenoxy) is 1. The summed E-state index contributed by atoms with van der Waals surface area (Å²) in [5.41, 5.74) is 5.02. The van der Waals surface area contributed by atoms with Crippen molar-refractivity contribution >= 4 is 11.0 Å². The Morgan fingerprint density at radius 3 is 2.61 bits per heavy atom. The van der Waals surface area contributed by atoms with Crippen molar-refractivity contribution in [2.75, 3.05) is 6.61 Å². The number of pyridine rings is 2. The van der Waals surface area contributed by atoms with Gasteiger partial charge in [0.05, 0.1) is 11.8 Å². The molecule has 5 nitrogen and oxygen atoms in total. The molecule has 1 aromatic carbocycles. The minimum Gasteiger partial charge on any atom is -0.373 e. The maximum absolute atomic E-state index is 14.8. The fraction of sp³-hybridized carbons (Fsp3) is 0.308. The Balaban J connectivity index is 1.62. The van der Waals surface area contributed by atoms with E-state index >= 15 is 0 Å². The topological polar surface area (TPSA) is 60.8 Å². The summed E-state index contributed by atoms with van der Waals surface area (Å²) >= 11 is 0. The number of hydrogen-bond acceptors (Lipinski definition) is 5. The molecule has 1 aliphatic heterocycles. The van der Waals surface area contributed by atoms with Crippen molar-refractivity contribution in [2.24, 2.45) is 0 Å². The first-order valence-electron chi connectivity index (χ1n) is 11.0. The second-order valence-electron chi connectivity index (χ2n) is 8.63. The number of halogens is 2. The number of aryl methyl sites for hydroxylation is 3. The van der Waals surface area contributed by atoms with Crippen LogP contribution in [0.2, 0.25) is 0 Å². The lowest BCUT2D eigenvalue weighted by Crippen LogP contribution is -2.21. The second kappa shape index (κ2) is 8.56. The Labute approximate surface area is 190 Å². The quantitative estimate of drug-likeness (QED) is 0.391. The number of rotatable bonds is 3. The van der Waals surface area contributed by atoms with Crippen LogP contribution in [-0.4, -0.2) is 26.5 Å². The highest BCUT2D eigenvalue weighted by Crippen LogP contribution is 2.38. The highest BCUT2D eigenvalue weighted by Gasteiger charge is 2.28. The van der Waals surface area contributed by atoms with Gasteiger partial charge in [0.2, 0.25) is 0 Å². The zero-order valence-corrected chi connectivity index (χ0v) is 18.8. The third-order valence-electron chi connectivity index (χ3n) is 6.28. The largest absolute Gasteiger partial charge is 0.373 e. The molecular formula is C26H24F2N4O. The van der Waals surface area contributed by atoms with Crippen molar-refractivity contribution in [1.82, 2.24) is 19.9 Å². The molecule has 0 aliphatic carbocycles. The average molecular weight is 447 g/mol. The monoisotopic (exact) mass is 446 g/mol. The molecule has 33 heavy (non-hydrogen) atoms. The van der Waals surface area contributed by atoms with E-state index in [0.717, 1.165) is 35.0 Å². The van der Waals surface area contributed by atoms with Crippen LogP contribution in [-0.2, 0) is 4.74 Å². The molecule has 7 heteroatoms. The van der Waals surface area contributed by atoms with E-state index in [9.17, 15) is 8.78 Å². The summed E-state index contributed by atoms with van der Waals surface area (Å²) in [6.45, 7) is 6.39. The van der Waals surface area contributed by atoms with Gasteiger partial charge in [-0.15, -0.1) is 0 Å². The first-order chi connectivity index (χ1) is 15.9. The van der Waals surface area contributed by atoms with Gasteiger partial charge in [-0.1, -0.05) is 0 Å². The Hall–Kier alpha value is -3.32. The Bertz CT molecular complexity index is 1360. The predicted molar refractivity (Wildman–Crippen MR) is 122 cm³/mol. The summed E-state index contributed by atoms with van der Waals surface area (Å²) in [4.78, 5) is 18.5. The van der Waals surface area contributed by atoms with Gasteiger partial charge in [0.15, 0.2) is 5.65 Å². The Morgan fingerprint density at radius 1 is 0.970 bits per heavy atom. The Morgan fingerprint density at radius 2 is 1.82 bits per heavy atom. The molecule has 2 atom stereocenters. The fourth-order valence-corrected chi connectivity index (χ4v) is 4.36. The average Bonchev–Trinajstić information content (AvgIpc) is 2.80. The van der Waals surface area contributed by atoms with E-state index in [-0.39, 0.29) is 17.6 Å². The van der Waals surface area contributed by atoms with Crippen LogP contribution < -0.4 is 0 Å². The molecule has 0 saturated carbocycles. The zero-order valence-electron chi connectivity index (χ0n) is 18.8. The van der Waals surface area contributed by atoms with E-state index < -0.39 is 11.6 Å². The summed E-state index contributed by atoms with van der Waals surface area (Å²) in [5.74, 6) is -0.653. The van der Waals surface area contributed by atoms with Crippen LogP contribution in [0.4, 0.5) is 8.78 Å². The third kappa shape index (κ3) is 4.20. The zero-order chi connectivity index (χ0) is 23.1. The predicted octanol–water partition coefficient (Wildman–Crippen LogP) is 5.93. The molecule has 1 aliphatic rings. The maximum Gasteiger partial charge on any atom is 0.163 e. The van der Waals surface area contributed by atoms with Gasteiger partial charge in [0.25, 0.3) is 0 Å². The van der Waals surface area contributed by atoms with Crippen molar-refractivity contribution in [1.29, 1.82) is 0 Å². The minimum absolute atomic E-state index is 0.0206. The molecule has 168 valence electrons. The molecule has 1 saturated heterocycles. The van der Waals surface area contributed by atoms with Crippen molar-refractivity contribution in [3.05, 3.63) is 82.6 Å². The lowest BCUT2D eigenvalue weighted by Gasteiger charge is -2.29. The van der Waals surface area contributed by atoms with Gasteiger partial charge < -0.3 is 4.74 Å². The van der Waals surface area contributed by atoms with Crippen LogP contribution in [0.25, 0.3) is 22.3 Å². The SMILES string of the molecule is Cc1cc([C@H]2C[C@H](c3nc(-c4ccc(F)cc4F)c4cc(C)c(C)nc4n3)CCO2)ccn1. The lowest BCUT2D eigenvalue weighted by molar-refractivity contribution is 0.00393. The molecular weight excluding hydrogens is 422 g/mol. The minimum atomic E-state index is -0.656. The van der Waals surface area contributed by atoms with Crippen molar-refractivity contribution in [3.63, 3.8) is 0 Å². The molecule has 4 aromatic rings. The van der Waals surface area contributed by atoms with E-state index in [2.05, 4.69) is 9.97 Å². The fourth-order valence-electron chi connectivity index (χ4n) is 4.36. The van der Waals surface area contributed by atoms with Gasteiger partial charge in [-0.25, -0.2) is 23.7 Å². The van der Waals surface area contributed by atoms with Crippen LogP contribution >= 0.6 is 0 Å². The number of fused-ring (bicyclic) bond motifs is 1. The molecule has 0 unspecified atom stereocenters. The van der Waals surface area contributed by atoms with Gasteiger partial charge in [-0.3, -0.25) is 4.98 Å². The summed E-state index contributed by atoms with van der Waals surface area (Å²) < 4.78 is 34.4. The van der Waals surface area contributed by atoms with Gasteiger partial charge in [-0.2, -0.15) is 0 Å². The molecule has 0 bridgehead atoms. The molecule has 0 spiro atoms. The molecule has 5 rings (SSSR count). The number of nitrogens with zero attached hydrogens (tertiary/aromatic N) is 4. The highest BCUT2D eigenvalue weighted by atomic mass is 19.1. The summed E-state index contributed by atoms with van der Waals surface area (Å²) in [5, 5.41) is 0.653. The van der Waals surface area contributed by atoms with E-state index in [0.29, 0.717) is 35.6 Å². The number of aromatic nitrogens is 4. The normalized spacial score (nSPS) is 18.6. The van der Waals surface area contributed by atoms with E-state index in [1.54, 1.807) is 6.20 Å². The van der Waals surface area contributed by atoms with E-state index in [1.165, 1.54) is 12.1 Å². The molecule has 0 amide bonds. The lowest BCUT2D eigenvalue weighted by atomic mass is 9.91. The molecule has 1 fully saturated rings. The van der Waals surface area contributed by atoms with Crippen LogP contribution in [0.3, 0.4) is 0 Å². The number of benzene rings is 1. The standard InChI is InChI=1S/C26H24F2N4O/c1-14-10-21-24(20-5-4-19(27)13-22(20)28)31-25(32-26(21)30-16(14)3)18-7-9-33-23(12-18)17-6-8-29-15(2)11-17/h4-6,8,10-11,13,18,23H,7,9,12H2,1-3H3/t18-,23-/m1/s1. The third-order valence-corrected chi connectivity index (χ3v) is 6.28. The maximum atomic E-state index is 14.8. The van der Waals surface area contributed by atoms with Gasteiger partial charge in [0.1, 0.15) is 17.5 Å². The summed E-state index contributed by atoms with van der Waals surface area (Å²) in [7, 11) is 0. The van der Waals surface area contributed by atoms with Crippen molar-refractivity contribution in [3.8, 4) is 11.3 Å². The van der Waals surface area contributed by atoms with Gasteiger partial charge in [-0.05, 0) is 75.1 Å². The summed E-state index contributed by atoms with van der Waals surface area (Å²) in [6, 6.07) is 9.48. The van der Waals surface area contributed by atoms with Gasteiger partial charge >= 0.3 is 0 Å². The van der Waals surface area contributed by atoms with Gasteiger partial charge in [0, 0.05) is 47.1 Å². The van der Waals surface area contributed by atoms with Crippen LogP contribution in [0.15, 0.2) is 42.6 Å². The van der Waals surface area contributed by atoms with Crippen LogP contribution in [0, 0.1) is 32.4 Å². The molecule has 3 aromatic heterocycles. The molecule has 4 heterocycles. The first kappa shape index (κ1) is 21.5. The van der Waals surface area contributed by atoms with E-state index in [1.807, 2.05) is 39.0 Å². The number of hydrogen-bond donors (Lipinski definition) is 0. The highest BCUT2D eigenvalue weighted by molar-refractivity contribution is 5.91. The summed E-state index contributed by atoms with van der Waals surface area (Å²) in [6.07, 6.45) is 3.14. The van der Waals surface area contributed by atoms with Crippen LogP contribution in [0.5, 0.6) is 0 Å². The Kier molecular flexibility index (Phi) is 5.58. The van der Waals surface area contributed by atoms with Crippen LogP contribution in [0.1, 0.15) is 53.2 Å². The first-order valence-corrected chi connectivity index (χ1v) is 11.0. The second-order valence-corrected chi connectivity index (χ2v) is 8.63. The van der Waals surface area contributed by atoms with Crippen molar-refractivity contribution < 1.29 is 13.5 Å². The molecule has 0 N–H and O–H groups in total. The molecule has 0 radical (unpaired) electrons.